The zero-order valence-electron chi connectivity index (χ0n) is 14.4. The van der Waals surface area contributed by atoms with Gasteiger partial charge in [-0.25, -0.2) is 4.98 Å². The summed E-state index contributed by atoms with van der Waals surface area (Å²) >= 11 is 3.09. The van der Waals surface area contributed by atoms with Crippen molar-refractivity contribution in [3.05, 3.63) is 57.9 Å². The van der Waals surface area contributed by atoms with Crippen LogP contribution in [-0.4, -0.2) is 36.6 Å². The number of aliphatic hydroxyl groups excluding tert-OH is 1. The first-order chi connectivity index (χ1) is 12.5. The van der Waals surface area contributed by atoms with E-state index in [2.05, 4.69) is 4.98 Å². The molecule has 2 aromatic heterocycles. The number of hydrogen-bond acceptors (Lipinski definition) is 6. The van der Waals surface area contributed by atoms with Crippen molar-refractivity contribution in [1.29, 1.82) is 5.41 Å². The fourth-order valence-corrected chi connectivity index (χ4v) is 4.53. The third-order valence-electron chi connectivity index (χ3n) is 4.27. The molecule has 7 heteroatoms. The van der Waals surface area contributed by atoms with Crippen molar-refractivity contribution in [2.45, 2.75) is 0 Å². The zero-order chi connectivity index (χ0) is 18.3. The number of thiophene rings is 1. The molecule has 3 heterocycles. The first kappa shape index (κ1) is 16.8. The van der Waals surface area contributed by atoms with Gasteiger partial charge in [0.25, 0.3) is 0 Å². The van der Waals surface area contributed by atoms with Gasteiger partial charge in [-0.1, -0.05) is 6.07 Å². The molecule has 1 aliphatic heterocycles. The lowest BCUT2D eigenvalue weighted by atomic mass is 10.2. The first-order valence-electron chi connectivity index (χ1n) is 8.10. The highest BCUT2D eigenvalue weighted by Crippen LogP contribution is 2.35. The number of anilines is 2. The number of nitrogens with zero attached hydrogens (tertiary/aromatic N) is 3. The van der Waals surface area contributed by atoms with Crippen LogP contribution in [0.15, 0.2) is 52.9 Å². The van der Waals surface area contributed by atoms with E-state index in [9.17, 15) is 5.11 Å². The molecule has 0 unspecified atom stereocenters. The monoisotopic (exact) mass is 382 g/mol. The molecule has 1 aliphatic rings. The van der Waals surface area contributed by atoms with Crippen molar-refractivity contribution in [3.8, 4) is 10.6 Å². The summed E-state index contributed by atoms with van der Waals surface area (Å²) in [6, 6.07) is 12.0. The van der Waals surface area contributed by atoms with Gasteiger partial charge in [0.1, 0.15) is 16.6 Å². The highest BCUT2D eigenvalue weighted by atomic mass is 32.1. The maximum atomic E-state index is 10.5. The van der Waals surface area contributed by atoms with Crippen LogP contribution in [0.2, 0.25) is 0 Å². The second-order valence-corrected chi connectivity index (χ2v) is 7.99. The molecule has 0 fully saturated rings. The number of aliphatic hydroxyl groups is 1. The second kappa shape index (κ2) is 6.59. The molecule has 0 bridgehead atoms. The summed E-state index contributed by atoms with van der Waals surface area (Å²) in [4.78, 5) is 9.56. The molecule has 132 valence electrons. The number of nitrogens with one attached hydrogen (secondary N) is 1. The topological polar surface area (TPSA) is 63.5 Å². The summed E-state index contributed by atoms with van der Waals surface area (Å²) < 4.78 is 0. The molecule has 3 aromatic rings. The SMILES string of the molecule is CN(C)c1ccc(N2CC(O)=C(c3nc(-c4cccs4)cs3)C2=N)cc1. The Morgan fingerprint density at radius 3 is 2.58 bits per heavy atom. The van der Waals surface area contributed by atoms with Gasteiger partial charge in [0.2, 0.25) is 0 Å². The van der Waals surface area contributed by atoms with Crippen LogP contribution < -0.4 is 9.80 Å². The average molecular weight is 383 g/mol. The zero-order valence-corrected chi connectivity index (χ0v) is 16.1. The molecule has 0 aliphatic carbocycles. The Labute approximate surface area is 160 Å². The van der Waals surface area contributed by atoms with Crippen LogP contribution in [0.1, 0.15) is 5.01 Å². The number of thiazole rings is 1. The van der Waals surface area contributed by atoms with Gasteiger partial charge in [-0.3, -0.25) is 5.41 Å². The van der Waals surface area contributed by atoms with Crippen LogP contribution in [0.3, 0.4) is 0 Å². The molecular weight excluding hydrogens is 364 g/mol. The Hall–Kier alpha value is -2.64. The molecule has 5 nitrogen and oxygen atoms in total. The molecule has 1 aromatic carbocycles. The van der Waals surface area contributed by atoms with Crippen molar-refractivity contribution in [2.24, 2.45) is 0 Å². The van der Waals surface area contributed by atoms with Crippen LogP contribution in [0.4, 0.5) is 11.4 Å². The van der Waals surface area contributed by atoms with E-state index < -0.39 is 0 Å². The standard InChI is InChI=1S/C19H18N4OS2/c1-22(2)12-5-7-13(8-6-12)23-10-15(24)17(18(23)20)19-21-14(11-26-19)16-4-3-9-25-16/h3-9,11,20,24H,10H2,1-2H3. The molecule has 2 N–H and O–H groups in total. The maximum absolute atomic E-state index is 10.5. The third-order valence-corrected chi connectivity index (χ3v) is 6.02. The van der Waals surface area contributed by atoms with Gasteiger partial charge in [0.15, 0.2) is 0 Å². The summed E-state index contributed by atoms with van der Waals surface area (Å²) in [5, 5.41) is 23.7. The van der Waals surface area contributed by atoms with Gasteiger partial charge < -0.3 is 14.9 Å². The van der Waals surface area contributed by atoms with Crippen LogP contribution in [-0.2, 0) is 0 Å². The molecule has 4 rings (SSSR count). The Morgan fingerprint density at radius 2 is 1.92 bits per heavy atom. The predicted molar refractivity (Wildman–Crippen MR) is 111 cm³/mol. The number of amidine groups is 1. The second-order valence-electron chi connectivity index (χ2n) is 6.18. The van der Waals surface area contributed by atoms with Crippen molar-refractivity contribution in [1.82, 2.24) is 4.98 Å². The highest BCUT2D eigenvalue weighted by Gasteiger charge is 2.31. The largest absolute Gasteiger partial charge is 0.510 e. The minimum Gasteiger partial charge on any atom is -0.510 e. The Balaban J connectivity index is 1.61. The highest BCUT2D eigenvalue weighted by molar-refractivity contribution is 7.14. The lowest BCUT2D eigenvalue weighted by Crippen LogP contribution is -2.26. The molecular formula is C19H18N4OS2. The van der Waals surface area contributed by atoms with E-state index in [0.29, 0.717) is 17.1 Å². The van der Waals surface area contributed by atoms with Crippen molar-refractivity contribution < 1.29 is 5.11 Å². The Bertz CT molecular complexity index is 971. The average Bonchev–Trinajstić information content (AvgIpc) is 3.35. The summed E-state index contributed by atoms with van der Waals surface area (Å²) in [7, 11) is 3.98. The Morgan fingerprint density at radius 1 is 1.15 bits per heavy atom. The molecule has 0 spiro atoms. The fourth-order valence-electron chi connectivity index (χ4n) is 2.88. The molecule has 0 amide bonds. The van der Waals surface area contributed by atoms with Crippen LogP contribution in [0.5, 0.6) is 0 Å². The smallest absolute Gasteiger partial charge is 0.139 e. The van der Waals surface area contributed by atoms with Crippen molar-refractivity contribution in [3.63, 3.8) is 0 Å². The van der Waals surface area contributed by atoms with Gasteiger partial charge in [0, 0.05) is 30.9 Å². The van der Waals surface area contributed by atoms with Gasteiger partial charge in [0.05, 0.1) is 22.7 Å². The van der Waals surface area contributed by atoms with Crippen LogP contribution in [0, 0.1) is 5.41 Å². The molecule has 0 saturated carbocycles. The number of aromatic nitrogens is 1. The van der Waals surface area contributed by atoms with Crippen LogP contribution in [0.25, 0.3) is 16.1 Å². The third kappa shape index (κ3) is 2.89. The van der Waals surface area contributed by atoms with Gasteiger partial charge >= 0.3 is 0 Å². The quantitative estimate of drug-likeness (QED) is 0.686. The fraction of sp³-hybridized carbons (Fsp3) is 0.158. The molecule has 0 atom stereocenters. The summed E-state index contributed by atoms with van der Waals surface area (Å²) in [6.07, 6.45) is 0. The van der Waals surface area contributed by atoms with Crippen molar-refractivity contribution >= 4 is 45.5 Å². The lowest BCUT2D eigenvalue weighted by molar-refractivity contribution is 0.411. The van der Waals surface area contributed by atoms with E-state index in [1.54, 1.807) is 16.2 Å². The molecule has 26 heavy (non-hydrogen) atoms. The summed E-state index contributed by atoms with van der Waals surface area (Å²) in [5.41, 5.74) is 3.39. The van der Waals surface area contributed by atoms with E-state index in [1.165, 1.54) is 11.3 Å². The summed E-state index contributed by atoms with van der Waals surface area (Å²) in [6.45, 7) is 0.295. The number of benzene rings is 1. The lowest BCUT2D eigenvalue weighted by Gasteiger charge is -2.20. The molecule has 0 saturated heterocycles. The molecule has 0 radical (unpaired) electrons. The van der Waals surface area contributed by atoms with Gasteiger partial charge in [-0.2, -0.15) is 0 Å². The van der Waals surface area contributed by atoms with E-state index in [0.717, 1.165) is 21.9 Å². The summed E-state index contributed by atoms with van der Waals surface area (Å²) in [5.74, 6) is 0.478. The predicted octanol–water partition coefficient (Wildman–Crippen LogP) is 4.70. The minimum atomic E-state index is 0.193. The Kier molecular flexibility index (Phi) is 4.26. The van der Waals surface area contributed by atoms with Crippen LogP contribution >= 0.6 is 22.7 Å². The normalized spacial score (nSPS) is 14.4. The number of rotatable bonds is 4. The van der Waals surface area contributed by atoms with E-state index >= 15 is 0 Å². The van der Waals surface area contributed by atoms with Gasteiger partial charge in [-0.05, 0) is 35.7 Å². The minimum absolute atomic E-state index is 0.193. The van der Waals surface area contributed by atoms with E-state index in [4.69, 9.17) is 5.41 Å². The maximum Gasteiger partial charge on any atom is 0.139 e. The first-order valence-corrected chi connectivity index (χ1v) is 9.86. The van der Waals surface area contributed by atoms with E-state index in [1.807, 2.05) is 66.2 Å². The van der Waals surface area contributed by atoms with E-state index in [-0.39, 0.29) is 11.6 Å². The van der Waals surface area contributed by atoms with Gasteiger partial charge in [-0.15, -0.1) is 22.7 Å². The van der Waals surface area contributed by atoms with Crippen molar-refractivity contribution in [2.75, 3.05) is 30.4 Å². The number of hydrogen-bond donors (Lipinski definition) is 2.